The quantitative estimate of drug-likeness (QED) is 0.103. The van der Waals surface area contributed by atoms with Crippen molar-refractivity contribution in [3.05, 3.63) is 25.3 Å². The Morgan fingerprint density at radius 3 is 2.52 bits per heavy atom. The Kier molecular flexibility index (Phi) is 11.9. The number of nitrogens with zero attached hydrogens (tertiary/aromatic N) is 6. The average molecular weight is 702 g/mol. The van der Waals surface area contributed by atoms with Gasteiger partial charge >= 0.3 is 0 Å². The number of carbonyl (C=O) groups excluding carboxylic acids is 1. The molecule has 4 heterocycles. The van der Waals surface area contributed by atoms with Gasteiger partial charge in [-0.2, -0.15) is 5.48 Å². The fraction of sp³-hybridized carbons (Fsp3) is 0.679. The largest absolute Gasteiger partial charge is 0.460 e. The molecule has 46 heavy (non-hydrogen) atoms. The summed E-state index contributed by atoms with van der Waals surface area (Å²) >= 11 is 5.71. The van der Waals surface area contributed by atoms with Crippen LogP contribution < -0.4 is 10.8 Å². The van der Waals surface area contributed by atoms with Crippen molar-refractivity contribution in [2.24, 2.45) is 5.92 Å². The van der Waals surface area contributed by atoms with Crippen molar-refractivity contribution < 1.29 is 33.2 Å². The molecule has 2 aromatic rings. The zero-order valence-electron chi connectivity index (χ0n) is 28.0. The first-order valence-corrected chi connectivity index (χ1v) is 18.5. The van der Waals surface area contributed by atoms with Gasteiger partial charge in [-0.1, -0.05) is 19.9 Å². The van der Waals surface area contributed by atoms with E-state index in [1.807, 2.05) is 27.7 Å². The number of sulfone groups is 1. The molecule has 2 unspecified atom stereocenters. The highest BCUT2D eigenvalue weighted by molar-refractivity contribution is 7.91. The Balaban J connectivity index is 1.74. The molecule has 0 aromatic carbocycles. The van der Waals surface area contributed by atoms with Gasteiger partial charge < -0.3 is 24.2 Å². The molecule has 2 saturated heterocycles. The summed E-state index contributed by atoms with van der Waals surface area (Å²) in [5, 5.41) is 2.88. The molecule has 256 valence electrons. The molecule has 18 heteroatoms. The smallest absolute Gasteiger partial charge is 0.277 e. The Morgan fingerprint density at radius 2 is 1.91 bits per heavy atom. The summed E-state index contributed by atoms with van der Waals surface area (Å²) in [7, 11) is -4.94. The summed E-state index contributed by atoms with van der Waals surface area (Å²) in [6.45, 7) is 16.0. The highest BCUT2D eigenvalue weighted by Gasteiger charge is 2.50. The lowest BCUT2D eigenvalue weighted by molar-refractivity contribution is -0.118. The van der Waals surface area contributed by atoms with Gasteiger partial charge in [-0.25, -0.2) is 32.7 Å². The zero-order valence-corrected chi connectivity index (χ0v) is 29.6. The van der Waals surface area contributed by atoms with Crippen LogP contribution in [0.25, 0.3) is 11.2 Å². The van der Waals surface area contributed by atoms with Crippen LogP contribution >= 0.6 is 20.7 Å². The minimum Gasteiger partial charge on any atom is -0.460 e. The van der Waals surface area contributed by atoms with E-state index in [0.29, 0.717) is 17.7 Å². The summed E-state index contributed by atoms with van der Waals surface area (Å²) in [5.41, 5.74) is 3.59. The maximum atomic E-state index is 12.5. The number of hydrogen-bond acceptors (Lipinski definition) is 13. The maximum absolute atomic E-state index is 12.5. The van der Waals surface area contributed by atoms with Gasteiger partial charge in [-0.15, -0.1) is 6.58 Å². The second kappa shape index (κ2) is 15.7. The lowest BCUT2D eigenvalue weighted by Crippen LogP contribution is -2.47. The molecule has 2 aliphatic rings. The molecular formula is C28H45N8O7PS2. The van der Waals surface area contributed by atoms with Crippen molar-refractivity contribution in [1.29, 1.82) is 0 Å². The van der Waals surface area contributed by atoms with Crippen LogP contribution in [0.5, 0.6) is 0 Å². The third kappa shape index (κ3) is 8.55. The van der Waals surface area contributed by atoms with Crippen LogP contribution in [0.1, 0.15) is 56.0 Å². The van der Waals surface area contributed by atoms with E-state index in [1.165, 1.54) is 12.7 Å². The third-order valence-corrected chi connectivity index (χ3v) is 11.3. The second-order valence-electron chi connectivity index (χ2n) is 11.8. The first-order chi connectivity index (χ1) is 22.3. The minimum atomic E-state index is -3.16. The van der Waals surface area contributed by atoms with Gasteiger partial charge in [0.05, 0.1) is 23.9 Å². The Bertz CT molecular complexity index is 1490. The van der Waals surface area contributed by atoms with Crippen molar-refractivity contribution in [3.8, 4) is 0 Å². The van der Waals surface area contributed by atoms with E-state index in [1.54, 1.807) is 29.4 Å². The molecule has 2 fully saturated rings. The molecular weight excluding hydrogens is 655 g/mol. The number of hydrogen-bond donors (Lipinski definition) is 2. The van der Waals surface area contributed by atoms with Gasteiger partial charge in [-0.3, -0.25) is 9.36 Å². The molecule has 2 aromatic heterocycles. The number of carbonyl (C=O) groups is 1. The van der Waals surface area contributed by atoms with Crippen LogP contribution in [-0.2, 0) is 33.3 Å². The van der Waals surface area contributed by atoms with Gasteiger partial charge in [-0.05, 0) is 46.8 Å². The lowest BCUT2D eigenvalue weighted by Gasteiger charge is -2.38. The standard InChI is InChI=1S/C28H45N8O7PS2/c1-9-10-32-43-44(36(18(4)5)19(6)7)42-22-20(8)40-27(23(22)41-28(45)34-11-13-46(38,39)14-12-34)35-16-31-21-24(29-15-30-25(21)35)33-26(37)17(2)3/h9,15-20,22-23,27,32H,1,10-14H2,2-8H3,(H,29,30,33,37)/t20-,22+,23?,27-,44?/m1/s1/i8D. The number of nitrogens with one attached hydrogen (secondary N) is 2. The molecule has 2 aliphatic heterocycles. The SMILES string of the molecule is [2H]C[C@H]1O[C@@H](n2cnc3c(NC(=O)C(C)C)ncnc32)C(OC(=S)N2CCS(=O)(=O)CC2)[C@H]1OP(ONCC=C)N(C(C)C)C(C)C. The molecule has 0 radical (unpaired) electrons. The van der Waals surface area contributed by atoms with Crippen LogP contribution in [0.3, 0.4) is 0 Å². The van der Waals surface area contributed by atoms with E-state index in [2.05, 4.69) is 37.0 Å². The van der Waals surface area contributed by atoms with Gasteiger partial charge in [0.1, 0.15) is 12.4 Å². The monoisotopic (exact) mass is 701 g/mol. The fourth-order valence-electron chi connectivity index (χ4n) is 5.01. The number of amides is 1. The predicted molar refractivity (Wildman–Crippen MR) is 179 cm³/mol. The topological polar surface area (TPSA) is 162 Å². The van der Waals surface area contributed by atoms with Crippen molar-refractivity contribution in [1.82, 2.24) is 34.6 Å². The van der Waals surface area contributed by atoms with Crippen LogP contribution in [0.2, 0.25) is 0 Å². The highest BCUT2D eigenvalue weighted by Crippen LogP contribution is 2.50. The average Bonchev–Trinajstić information content (AvgIpc) is 3.58. The van der Waals surface area contributed by atoms with E-state index in [-0.39, 0.29) is 66.4 Å². The van der Waals surface area contributed by atoms with E-state index in [4.69, 9.17) is 32.2 Å². The van der Waals surface area contributed by atoms with Crippen molar-refractivity contribution in [3.63, 3.8) is 0 Å². The number of aromatic nitrogens is 4. The lowest BCUT2D eigenvalue weighted by atomic mass is 10.1. The Hall–Kier alpha value is -2.37. The van der Waals surface area contributed by atoms with Gasteiger partial charge in [0.25, 0.3) is 13.7 Å². The summed E-state index contributed by atoms with van der Waals surface area (Å²) in [5.74, 6) is -0.360. The van der Waals surface area contributed by atoms with Gasteiger partial charge in [0, 0.05) is 39.0 Å². The number of rotatable bonds is 13. The molecule has 5 atom stereocenters. The first kappa shape index (κ1) is 35.0. The van der Waals surface area contributed by atoms with Crippen molar-refractivity contribution in [2.45, 2.75) is 85.1 Å². The second-order valence-corrected chi connectivity index (χ2v) is 15.8. The number of fused-ring (bicyclic) bond motifs is 1. The Labute approximate surface area is 278 Å². The van der Waals surface area contributed by atoms with Crippen LogP contribution in [0.4, 0.5) is 5.82 Å². The summed E-state index contributed by atoms with van der Waals surface area (Å²) < 4.78 is 62.1. The van der Waals surface area contributed by atoms with Gasteiger partial charge in [0.15, 0.2) is 39.2 Å². The normalized spacial score (nSPS) is 24.1. The van der Waals surface area contributed by atoms with Crippen LogP contribution in [0.15, 0.2) is 25.3 Å². The van der Waals surface area contributed by atoms with E-state index in [0.717, 1.165) is 0 Å². The van der Waals surface area contributed by atoms with Crippen molar-refractivity contribution >= 4 is 58.6 Å². The van der Waals surface area contributed by atoms with E-state index in [9.17, 15) is 13.2 Å². The molecule has 2 N–H and O–H groups in total. The highest BCUT2D eigenvalue weighted by atomic mass is 32.2. The number of ether oxygens (including phenoxy) is 2. The number of hydroxylamine groups is 1. The van der Waals surface area contributed by atoms with Crippen molar-refractivity contribution in [2.75, 3.05) is 36.5 Å². The Morgan fingerprint density at radius 1 is 1.22 bits per heavy atom. The van der Waals surface area contributed by atoms with E-state index >= 15 is 0 Å². The van der Waals surface area contributed by atoms with Crippen LogP contribution in [0, 0.1) is 5.92 Å². The maximum Gasteiger partial charge on any atom is 0.277 e. The first-order valence-electron chi connectivity index (χ1n) is 15.8. The number of anilines is 1. The molecule has 0 aliphatic carbocycles. The summed E-state index contributed by atoms with van der Waals surface area (Å²) in [6.07, 6.45) is 0.967. The molecule has 15 nitrogen and oxygen atoms in total. The fourth-order valence-corrected chi connectivity index (χ4v) is 8.16. The predicted octanol–water partition coefficient (Wildman–Crippen LogP) is 3.18. The molecule has 0 spiro atoms. The summed E-state index contributed by atoms with van der Waals surface area (Å²) in [6, 6.07) is 0.0624. The molecule has 0 bridgehead atoms. The van der Waals surface area contributed by atoms with Crippen LogP contribution in [-0.4, -0.2) is 110 Å². The summed E-state index contributed by atoms with van der Waals surface area (Å²) in [4.78, 5) is 27.3. The zero-order chi connectivity index (χ0) is 34.5. The molecule has 4 rings (SSSR count). The minimum absolute atomic E-state index is 0.0312. The molecule has 1 amide bonds. The molecule has 0 saturated carbocycles. The number of imidazole rings is 1. The number of thiocarbonyl (C=S) groups is 1. The van der Waals surface area contributed by atoms with E-state index < -0.39 is 42.9 Å². The van der Waals surface area contributed by atoms with Gasteiger partial charge in [0.2, 0.25) is 5.91 Å². The third-order valence-electron chi connectivity index (χ3n) is 7.35.